The molecule has 2 heteroatoms. The summed E-state index contributed by atoms with van der Waals surface area (Å²) in [5.74, 6) is 0.00199. The normalized spacial score (nSPS) is 17.1. The Kier molecular flexibility index (Phi) is 3.97. The van der Waals surface area contributed by atoms with E-state index < -0.39 is 0 Å². The molecule has 0 aromatic heterocycles. The van der Waals surface area contributed by atoms with Crippen LogP contribution < -0.4 is 4.90 Å². The molecule has 0 saturated heterocycles. The molecule has 2 nitrogen and oxygen atoms in total. The lowest BCUT2D eigenvalue weighted by Crippen LogP contribution is -2.17. The number of carbonyl (C=O) groups is 1. The molecule has 0 bridgehead atoms. The van der Waals surface area contributed by atoms with E-state index in [0.29, 0.717) is 0 Å². The molecule has 1 atom stereocenters. The third-order valence-electron chi connectivity index (χ3n) is 3.58. The maximum absolute atomic E-state index is 10.9. The van der Waals surface area contributed by atoms with Gasteiger partial charge < -0.3 is 9.69 Å². The van der Waals surface area contributed by atoms with Crippen molar-refractivity contribution in [2.24, 2.45) is 5.92 Å². The van der Waals surface area contributed by atoms with Crippen LogP contribution in [0, 0.1) is 5.92 Å². The maximum Gasteiger partial charge on any atom is 0.127 e. The van der Waals surface area contributed by atoms with Crippen LogP contribution in [0.1, 0.15) is 6.42 Å². The summed E-state index contributed by atoms with van der Waals surface area (Å²) < 4.78 is 0. The number of anilines is 2. The molecule has 1 unspecified atom stereocenters. The molecule has 0 radical (unpaired) electrons. The number of allylic oxidation sites excluding steroid dienone is 3. The van der Waals surface area contributed by atoms with E-state index in [1.165, 1.54) is 0 Å². The predicted molar refractivity (Wildman–Crippen MR) is 86.4 cm³/mol. The summed E-state index contributed by atoms with van der Waals surface area (Å²) in [6.45, 7) is 0. The van der Waals surface area contributed by atoms with E-state index in [1.54, 1.807) is 0 Å². The number of benzene rings is 2. The summed E-state index contributed by atoms with van der Waals surface area (Å²) in [5, 5.41) is 0. The van der Waals surface area contributed by atoms with Gasteiger partial charge in [0.05, 0.1) is 0 Å². The SMILES string of the molecule is O=CC1C=CC(N(c2ccccc2)c2ccccc2)=CC1. The lowest BCUT2D eigenvalue weighted by molar-refractivity contribution is -0.109. The predicted octanol–water partition coefficient (Wildman–Crippen LogP) is 4.48. The Bertz CT molecular complexity index is 619. The Balaban J connectivity index is 2.00. The van der Waals surface area contributed by atoms with Crippen LogP contribution in [0.2, 0.25) is 0 Å². The van der Waals surface area contributed by atoms with Crippen LogP contribution in [-0.4, -0.2) is 6.29 Å². The van der Waals surface area contributed by atoms with Crippen molar-refractivity contribution in [1.29, 1.82) is 0 Å². The zero-order chi connectivity index (χ0) is 14.5. The van der Waals surface area contributed by atoms with Gasteiger partial charge in [0.2, 0.25) is 0 Å². The van der Waals surface area contributed by atoms with Crippen LogP contribution in [-0.2, 0) is 4.79 Å². The van der Waals surface area contributed by atoms with E-state index in [-0.39, 0.29) is 5.92 Å². The molecule has 2 aromatic carbocycles. The highest BCUT2D eigenvalue weighted by Gasteiger charge is 2.16. The van der Waals surface area contributed by atoms with Gasteiger partial charge in [-0.05, 0) is 36.8 Å². The zero-order valence-corrected chi connectivity index (χ0v) is 11.7. The Hall–Kier alpha value is -2.61. The highest BCUT2D eigenvalue weighted by molar-refractivity contribution is 5.71. The molecule has 0 aliphatic heterocycles. The van der Waals surface area contributed by atoms with E-state index in [4.69, 9.17) is 0 Å². The molecular weight excluding hydrogens is 258 g/mol. The first kappa shape index (κ1) is 13.4. The van der Waals surface area contributed by atoms with E-state index >= 15 is 0 Å². The van der Waals surface area contributed by atoms with Gasteiger partial charge in [0.1, 0.15) is 6.29 Å². The molecule has 0 heterocycles. The van der Waals surface area contributed by atoms with Gasteiger partial charge in [-0.25, -0.2) is 0 Å². The van der Waals surface area contributed by atoms with Gasteiger partial charge in [0, 0.05) is 23.0 Å². The standard InChI is InChI=1S/C19H17NO/c21-15-16-11-13-19(14-12-16)20(17-7-3-1-4-8-17)18-9-5-2-6-10-18/h1-11,13-16H,12H2. The molecule has 21 heavy (non-hydrogen) atoms. The third kappa shape index (κ3) is 2.95. The molecule has 0 amide bonds. The highest BCUT2D eigenvalue weighted by atomic mass is 16.1. The van der Waals surface area contributed by atoms with Gasteiger partial charge in [-0.15, -0.1) is 0 Å². The van der Waals surface area contributed by atoms with E-state index in [0.717, 1.165) is 29.8 Å². The summed E-state index contributed by atoms with van der Waals surface area (Å²) in [6.07, 6.45) is 7.88. The summed E-state index contributed by atoms with van der Waals surface area (Å²) in [4.78, 5) is 13.1. The summed E-state index contributed by atoms with van der Waals surface area (Å²) in [5.41, 5.74) is 3.33. The second-order valence-corrected chi connectivity index (χ2v) is 5.03. The second kappa shape index (κ2) is 6.23. The fourth-order valence-corrected chi connectivity index (χ4v) is 2.49. The molecule has 104 valence electrons. The Morgan fingerprint density at radius 2 is 1.48 bits per heavy atom. The molecule has 3 rings (SSSR count). The Morgan fingerprint density at radius 1 is 0.905 bits per heavy atom. The summed E-state index contributed by atoms with van der Waals surface area (Å²) in [7, 11) is 0. The molecule has 0 N–H and O–H groups in total. The maximum atomic E-state index is 10.9. The first-order valence-electron chi connectivity index (χ1n) is 7.12. The lowest BCUT2D eigenvalue weighted by Gasteiger charge is -2.28. The van der Waals surface area contributed by atoms with Crippen molar-refractivity contribution >= 4 is 17.7 Å². The number of rotatable bonds is 4. The minimum Gasteiger partial charge on any atom is -0.311 e. The fraction of sp³-hybridized carbons (Fsp3) is 0.105. The molecule has 0 spiro atoms. The van der Waals surface area contributed by atoms with Crippen molar-refractivity contribution in [3.8, 4) is 0 Å². The minimum atomic E-state index is 0.00199. The van der Waals surface area contributed by atoms with Crippen molar-refractivity contribution in [1.82, 2.24) is 0 Å². The Morgan fingerprint density at radius 3 is 1.90 bits per heavy atom. The highest BCUT2D eigenvalue weighted by Crippen LogP contribution is 2.32. The van der Waals surface area contributed by atoms with Crippen molar-refractivity contribution < 1.29 is 4.79 Å². The van der Waals surface area contributed by atoms with Crippen LogP contribution in [0.25, 0.3) is 0 Å². The number of hydrogen-bond donors (Lipinski definition) is 0. The van der Waals surface area contributed by atoms with Gasteiger partial charge >= 0.3 is 0 Å². The van der Waals surface area contributed by atoms with Crippen molar-refractivity contribution in [3.05, 3.63) is 84.6 Å². The van der Waals surface area contributed by atoms with E-state index in [1.807, 2.05) is 48.6 Å². The van der Waals surface area contributed by atoms with Crippen LogP contribution in [0.3, 0.4) is 0 Å². The first-order valence-corrected chi connectivity index (χ1v) is 7.12. The van der Waals surface area contributed by atoms with Gasteiger partial charge in [-0.3, -0.25) is 0 Å². The van der Waals surface area contributed by atoms with Gasteiger partial charge in [0.15, 0.2) is 0 Å². The number of nitrogens with zero attached hydrogens (tertiary/aromatic N) is 1. The minimum absolute atomic E-state index is 0.00199. The van der Waals surface area contributed by atoms with Crippen LogP contribution >= 0.6 is 0 Å². The molecule has 1 aliphatic carbocycles. The number of hydrogen-bond acceptors (Lipinski definition) is 2. The topological polar surface area (TPSA) is 20.3 Å². The average Bonchev–Trinajstić information content (AvgIpc) is 2.58. The van der Waals surface area contributed by atoms with Gasteiger partial charge in [0.25, 0.3) is 0 Å². The van der Waals surface area contributed by atoms with Crippen molar-refractivity contribution in [3.63, 3.8) is 0 Å². The van der Waals surface area contributed by atoms with Crippen molar-refractivity contribution in [2.45, 2.75) is 6.42 Å². The number of aldehydes is 1. The molecule has 0 fully saturated rings. The molecule has 0 saturated carbocycles. The van der Waals surface area contributed by atoms with Crippen LogP contribution in [0.5, 0.6) is 0 Å². The number of carbonyl (C=O) groups excluding carboxylic acids is 1. The number of para-hydroxylation sites is 2. The van der Waals surface area contributed by atoms with E-state index in [2.05, 4.69) is 35.2 Å². The van der Waals surface area contributed by atoms with Gasteiger partial charge in [-0.2, -0.15) is 0 Å². The second-order valence-electron chi connectivity index (χ2n) is 5.03. The summed E-state index contributed by atoms with van der Waals surface area (Å²) in [6, 6.07) is 20.5. The van der Waals surface area contributed by atoms with Gasteiger partial charge in [-0.1, -0.05) is 48.6 Å². The quantitative estimate of drug-likeness (QED) is 0.767. The monoisotopic (exact) mass is 275 g/mol. The summed E-state index contributed by atoms with van der Waals surface area (Å²) >= 11 is 0. The molecular formula is C19H17NO. The Labute approximate surface area is 125 Å². The molecule has 2 aromatic rings. The van der Waals surface area contributed by atoms with Crippen LogP contribution in [0.15, 0.2) is 84.6 Å². The zero-order valence-electron chi connectivity index (χ0n) is 11.7. The van der Waals surface area contributed by atoms with Crippen LogP contribution in [0.4, 0.5) is 11.4 Å². The largest absolute Gasteiger partial charge is 0.311 e. The fourth-order valence-electron chi connectivity index (χ4n) is 2.49. The lowest BCUT2D eigenvalue weighted by atomic mass is 10.00. The molecule has 1 aliphatic rings. The van der Waals surface area contributed by atoms with E-state index in [9.17, 15) is 4.79 Å². The average molecular weight is 275 g/mol. The first-order chi connectivity index (χ1) is 10.4. The smallest absolute Gasteiger partial charge is 0.127 e. The van der Waals surface area contributed by atoms with Crippen molar-refractivity contribution in [2.75, 3.05) is 4.90 Å². The third-order valence-corrected chi connectivity index (χ3v) is 3.58.